The molecule has 49 valence electrons. The Bertz CT molecular complexity index is 243. The number of hydrogen-bond acceptors (Lipinski definition) is 3. The molecule has 1 aromatic rings. The molecule has 1 aliphatic rings. The summed E-state index contributed by atoms with van der Waals surface area (Å²) in [6, 6.07) is 4.69. The van der Waals surface area contributed by atoms with Gasteiger partial charge in [-0.2, -0.15) is 0 Å². The van der Waals surface area contributed by atoms with Crippen LogP contribution in [0.25, 0.3) is 0 Å². The maximum absolute atomic E-state index is 5.00. The van der Waals surface area contributed by atoms with E-state index in [4.69, 9.17) is 4.74 Å². The van der Waals surface area contributed by atoms with Gasteiger partial charge < -0.3 is 4.74 Å². The van der Waals surface area contributed by atoms with E-state index in [9.17, 15) is 0 Å². The van der Waals surface area contributed by atoms with Crippen molar-refractivity contribution >= 4 is 6.40 Å². The van der Waals surface area contributed by atoms with Crippen LogP contribution in [0.2, 0.25) is 0 Å². The third kappa shape index (κ3) is 0.757. The topological polar surface area (TPSA) is 34.5 Å². The van der Waals surface area contributed by atoms with E-state index in [1.165, 1.54) is 6.40 Å². The Hall–Kier alpha value is -1.38. The summed E-state index contributed by atoms with van der Waals surface area (Å²) in [5, 5.41) is 0. The van der Waals surface area contributed by atoms with Gasteiger partial charge in [0.1, 0.15) is 0 Å². The van der Waals surface area contributed by atoms with Gasteiger partial charge in [0.15, 0.2) is 6.40 Å². The first-order valence-corrected chi connectivity index (χ1v) is 2.97. The molecular weight excluding hydrogens is 128 g/mol. The second-order valence-electron chi connectivity index (χ2n) is 1.96. The van der Waals surface area contributed by atoms with E-state index in [-0.39, 0.29) is 0 Å². The van der Waals surface area contributed by atoms with Crippen molar-refractivity contribution in [2.45, 2.75) is 6.54 Å². The van der Waals surface area contributed by atoms with Crippen molar-refractivity contribution in [3.05, 3.63) is 23.9 Å². The average Bonchev–Trinajstić information content (AvgIpc) is 2.05. The maximum atomic E-state index is 5.00. The summed E-state index contributed by atoms with van der Waals surface area (Å²) in [5.41, 5.74) is 0.991. The lowest BCUT2D eigenvalue weighted by Crippen LogP contribution is -2.02. The van der Waals surface area contributed by atoms with Gasteiger partial charge in [-0.15, -0.1) is 0 Å². The lowest BCUT2D eigenvalue weighted by molar-refractivity contribution is 0.521. The number of fused-ring (bicyclic) bond motifs is 1. The third-order valence-corrected chi connectivity index (χ3v) is 1.29. The van der Waals surface area contributed by atoms with Gasteiger partial charge >= 0.3 is 0 Å². The fourth-order valence-corrected chi connectivity index (χ4v) is 0.821. The minimum atomic E-state index is 0.647. The van der Waals surface area contributed by atoms with E-state index < -0.39 is 0 Å². The quantitative estimate of drug-likeness (QED) is 0.524. The monoisotopic (exact) mass is 133 g/mol. The van der Waals surface area contributed by atoms with Gasteiger partial charge in [0.05, 0.1) is 6.54 Å². The summed E-state index contributed by atoms with van der Waals surface area (Å²) < 4.78 is 5.00. The summed E-state index contributed by atoms with van der Waals surface area (Å²) in [6.07, 6.45) is 2.99. The average molecular weight is 133 g/mol. The van der Waals surface area contributed by atoms with Gasteiger partial charge in [-0.3, -0.25) is 4.99 Å². The first kappa shape index (κ1) is 5.41. The predicted octanol–water partition coefficient (Wildman–Crippen LogP) is 0.802. The zero-order chi connectivity index (χ0) is 6.81. The number of nitrogens with zero attached hydrogens (tertiary/aromatic N) is 2. The van der Waals surface area contributed by atoms with E-state index in [1.807, 2.05) is 6.07 Å². The van der Waals surface area contributed by atoms with Crippen LogP contribution >= 0.6 is 0 Å². The molecule has 3 nitrogen and oxygen atoms in total. The van der Waals surface area contributed by atoms with E-state index >= 15 is 0 Å². The van der Waals surface area contributed by atoms with Crippen LogP contribution in [0.3, 0.4) is 0 Å². The van der Waals surface area contributed by atoms with Crippen LogP contribution in [0.4, 0.5) is 0 Å². The summed E-state index contributed by atoms with van der Waals surface area (Å²) in [4.78, 5) is 7.86. The number of aromatic nitrogens is 1. The Morgan fingerprint density at radius 2 is 2.60 bits per heavy atom. The summed E-state index contributed by atoms with van der Waals surface area (Å²) >= 11 is 0. The molecule has 0 aromatic carbocycles. The zero-order valence-electron chi connectivity index (χ0n) is 5.24. The van der Waals surface area contributed by atoms with Gasteiger partial charge in [0, 0.05) is 17.8 Å². The number of aliphatic imine (C=N–C) groups is 1. The molecule has 2 heterocycles. The molecule has 0 bridgehead atoms. The Labute approximate surface area is 58.4 Å². The SMILES string of the molecule is [c]1cnc2c(c1)CN=CO2. The van der Waals surface area contributed by atoms with Gasteiger partial charge in [0.25, 0.3) is 0 Å². The van der Waals surface area contributed by atoms with Crippen molar-refractivity contribution in [1.29, 1.82) is 0 Å². The van der Waals surface area contributed by atoms with Crippen LogP contribution in [-0.2, 0) is 6.54 Å². The van der Waals surface area contributed by atoms with Crippen LogP contribution in [0.5, 0.6) is 5.88 Å². The highest BCUT2D eigenvalue weighted by Crippen LogP contribution is 2.16. The smallest absolute Gasteiger partial charge is 0.225 e. The molecule has 1 aliphatic heterocycles. The van der Waals surface area contributed by atoms with E-state index in [2.05, 4.69) is 16.0 Å². The van der Waals surface area contributed by atoms with Crippen LogP contribution in [0.15, 0.2) is 17.3 Å². The molecule has 1 aromatic heterocycles. The first-order chi connectivity index (χ1) is 4.97. The molecule has 1 radical (unpaired) electrons. The molecule has 3 heteroatoms. The van der Waals surface area contributed by atoms with Gasteiger partial charge in [0.2, 0.25) is 5.88 Å². The molecule has 0 N–H and O–H groups in total. The molecule has 0 saturated carbocycles. The minimum Gasteiger partial charge on any atom is -0.427 e. The standard InChI is InChI=1S/C7H5N2O/c1-2-6-4-8-5-10-7(6)9-3-1/h2-3,5H,4H2. The molecule has 0 atom stereocenters. The summed E-state index contributed by atoms with van der Waals surface area (Å²) in [5.74, 6) is 0.647. The molecule has 0 saturated heterocycles. The van der Waals surface area contributed by atoms with Crippen molar-refractivity contribution in [2.24, 2.45) is 4.99 Å². The molecule has 0 amide bonds. The van der Waals surface area contributed by atoms with Crippen molar-refractivity contribution in [3.63, 3.8) is 0 Å². The first-order valence-electron chi connectivity index (χ1n) is 2.97. The normalized spacial score (nSPS) is 14.0. The predicted molar refractivity (Wildman–Crippen MR) is 35.9 cm³/mol. The molecule has 2 rings (SSSR count). The Balaban J connectivity index is 2.47. The maximum Gasteiger partial charge on any atom is 0.225 e. The molecule has 0 aliphatic carbocycles. The van der Waals surface area contributed by atoms with E-state index in [0.29, 0.717) is 12.4 Å². The molecule has 0 fully saturated rings. The molecule has 10 heavy (non-hydrogen) atoms. The lowest BCUT2D eigenvalue weighted by atomic mass is 10.3. The van der Waals surface area contributed by atoms with Crippen LogP contribution in [0.1, 0.15) is 5.56 Å². The van der Waals surface area contributed by atoms with Crippen LogP contribution in [-0.4, -0.2) is 11.4 Å². The summed E-state index contributed by atoms with van der Waals surface area (Å²) in [6.45, 7) is 0.652. The van der Waals surface area contributed by atoms with Gasteiger partial charge in [-0.25, -0.2) is 4.98 Å². The molecular formula is C7H5N2O. The second kappa shape index (κ2) is 2.10. The number of pyridine rings is 1. The number of ether oxygens (including phenoxy) is 1. The van der Waals surface area contributed by atoms with Crippen LogP contribution < -0.4 is 4.74 Å². The van der Waals surface area contributed by atoms with Crippen molar-refractivity contribution in [3.8, 4) is 5.88 Å². The number of hydrogen-bond donors (Lipinski definition) is 0. The van der Waals surface area contributed by atoms with Crippen molar-refractivity contribution < 1.29 is 4.74 Å². The zero-order valence-corrected chi connectivity index (χ0v) is 5.24. The Morgan fingerprint density at radius 3 is 3.50 bits per heavy atom. The van der Waals surface area contributed by atoms with Crippen molar-refractivity contribution in [2.75, 3.05) is 0 Å². The third-order valence-electron chi connectivity index (χ3n) is 1.29. The van der Waals surface area contributed by atoms with E-state index in [0.717, 1.165) is 5.56 Å². The highest BCUT2D eigenvalue weighted by atomic mass is 16.5. The second-order valence-corrected chi connectivity index (χ2v) is 1.96. The van der Waals surface area contributed by atoms with E-state index in [1.54, 1.807) is 6.20 Å². The fraction of sp³-hybridized carbons (Fsp3) is 0.143. The molecule has 0 unspecified atom stereocenters. The highest BCUT2D eigenvalue weighted by molar-refractivity contribution is 5.54. The van der Waals surface area contributed by atoms with Gasteiger partial charge in [-0.05, 0) is 6.07 Å². The fourth-order valence-electron chi connectivity index (χ4n) is 0.821. The largest absolute Gasteiger partial charge is 0.427 e. The Morgan fingerprint density at radius 1 is 1.60 bits per heavy atom. The van der Waals surface area contributed by atoms with Crippen LogP contribution in [0, 0.1) is 6.07 Å². The lowest BCUT2D eigenvalue weighted by Gasteiger charge is -2.07. The summed E-state index contributed by atoms with van der Waals surface area (Å²) in [7, 11) is 0. The van der Waals surface area contributed by atoms with Gasteiger partial charge in [-0.1, -0.05) is 0 Å². The number of rotatable bonds is 0. The highest BCUT2D eigenvalue weighted by Gasteiger charge is 2.05. The van der Waals surface area contributed by atoms with Crippen molar-refractivity contribution in [1.82, 2.24) is 4.98 Å². The minimum absolute atomic E-state index is 0.647. The Kier molecular flexibility index (Phi) is 1.13. The molecule has 0 spiro atoms.